The molecule has 0 aliphatic carbocycles. The Hall–Kier alpha value is 0.210. The number of rotatable bonds is 5. The Balaban J connectivity index is 1.91. The summed E-state index contributed by atoms with van der Waals surface area (Å²) in [5.74, 6) is 0.749. The van der Waals surface area contributed by atoms with Crippen molar-refractivity contribution in [3.8, 4) is 0 Å². The third-order valence-electron chi connectivity index (χ3n) is 2.13. The number of alkyl halides is 1. The smallest absolute Gasteiger partial charge is 0.0699 e. The first kappa shape index (κ1) is 10.3. The molecule has 0 aromatic heterocycles. The Morgan fingerprint density at radius 2 is 2.33 bits per heavy atom. The van der Waals surface area contributed by atoms with Crippen LogP contribution in [0.25, 0.3) is 0 Å². The maximum absolute atomic E-state index is 5.56. The fourth-order valence-electron chi connectivity index (χ4n) is 1.42. The van der Waals surface area contributed by atoms with E-state index in [4.69, 9.17) is 16.3 Å². The summed E-state index contributed by atoms with van der Waals surface area (Å²) in [6.45, 7) is 2.96. The van der Waals surface area contributed by atoms with Gasteiger partial charge in [-0.05, 0) is 32.2 Å². The zero-order valence-corrected chi connectivity index (χ0v) is 8.28. The Morgan fingerprint density at radius 1 is 1.42 bits per heavy atom. The van der Waals surface area contributed by atoms with Gasteiger partial charge >= 0.3 is 0 Å². The van der Waals surface area contributed by atoms with Crippen LogP contribution >= 0.6 is 11.6 Å². The molecule has 72 valence electrons. The quantitative estimate of drug-likeness (QED) is 0.529. The van der Waals surface area contributed by atoms with E-state index in [2.05, 4.69) is 5.32 Å². The molecule has 1 atom stereocenters. The number of nitrogens with one attached hydrogen (secondary N) is 1. The van der Waals surface area contributed by atoms with Crippen LogP contribution in [0.15, 0.2) is 0 Å². The highest BCUT2D eigenvalue weighted by atomic mass is 35.5. The highest BCUT2D eigenvalue weighted by Gasteiger charge is 2.12. The molecule has 12 heavy (non-hydrogen) atoms. The van der Waals surface area contributed by atoms with Gasteiger partial charge in [-0.3, -0.25) is 0 Å². The van der Waals surface area contributed by atoms with Crippen molar-refractivity contribution in [1.82, 2.24) is 5.32 Å². The van der Waals surface area contributed by atoms with E-state index in [9.17, 15) is 0 Å². The van der Waals surface area contributed by atoms with Gasteiger partial charge < -0.3 is 10.1 Å². The predicted molar refractivity (Wildman–Crippen MR) is 51.8 cm³/mol. The van der Waals surface area contributed by atoms with Crippen molar-refractivity contribution >= 4 is 11.6 Å². The van der Waals surface area contributed by atoms with Crippen LogP contribution in [-0.2, 0) is 4.74 Å². The summed E-state index contributed by atoms with van der Waals surface area (Å²) < 4.78 is 5.56. The summed E-state index contributed by atoms with van der Waals surface area (Å²) in [7, 11) is 0. The average Bonchev–Trinajstić information content (AvgIpc) is 2.14. The molecule has 2 nitrogen and oxygen atoms in total. The fourth-order valence-corrected chi connectivity index (χ4v) is 1.56. The molecule has 1 rings (SSSR count). The van der Waals surface area contributed by atoms with E-state index in [1.165, 1.54) is 19.3 Å². The van der Waals surface area contributed by atoms with E-state index in [0.717, 1.165) is 32.0 Å². The minimum atomic E-state index is 0.453. The van der Waals surface area contributed by atoms with Gasteiger partial charge in [0.2, 0.25) is 0 Å². The second-order valence-corrected chi connectivity index (χ2v) is 3.61. The molecule has 1 unspecified atom stereocenters. The third kappa shape index (κ3) is 4.29. The highest BCUT2D eigenvalue weighted by Crippen LogP contribution is 2.11. The maximum atomic E-state index is 5.56. The lowest BCUT2D eigenvalue weighted by Gasteiger charge is -2.22. The fraction of sp³-hybridized carbons (Fsp3) is 1.00. The van der Waals surface area contributed by atoms with Gasteiger partial charge in [0.1, 0.15) is 0 Å². The molecule has 0 aromatic rings. The van der Waals surface area contributed by atoms with Crippen LogP contribution in [0.5, 0.6) is 0 Å². The Morgan fingerprint density at radius 3 is 3.00 bits per heavy atom. The van der Waals surface area contributed by atoms with Crippen molar-refractivity contribution < 1.29 is 4.74 Å². The molecule has 0 saturated carbocycles. The lowest BCUT2D eigenvalue weighted by Crippen LogP contribution is -2.32. The lowest BCUT2D eigenvalue weighted by molar-refractivity contribution is 0.0171. The van der Waals surface area contributed by atoms with E-state index in [1.54, 1.807) is 0 Å². The van der Waals surface area contributed by atoms with Crippen molar-refractivity contribution in [1.29, 1.82) is 0 Å². The van der Waals surface area contributed by atoms with Crippen LogP contribution in [0.4, 0.5) is 0 Å². The lowest BCUT2D eigenvalue weighted by atomic mass is 10.1. The molecular formula is C9H18ClNO. The van der Waals surface area contributed by atoms with E-state index in [0.29, 0.717) is 6.10 Å². The standard InChI is InChI=1S/C9H18ClNO/c10-5-3-6-11-8-9-4-1-2-7-12-9/h9,11H,1-8H2. The van der Waals surface area contributed by atoms with Crippen molar-refractivity contribution in [2.45, 2.75) is 31.8 Å². The van der Waals surface area contributed by atoms with Gasteiger partial charge in [0.25, 0.3) is 0 Å². The van der Waals surface area contributed by atoms with Gasteiger partial charge in [0.05, 0.1) is 6.10 Å². The number of ether oxygens (including phenoxy) is 1. The van der Waals surface area contributed by atoms with Gasteiger partial charge in [0, 0.05) is 19.0 Å². The summed E-state index contributed by atoms with van der Waals surface area (Å²) >= 11 is 5.55. The van der Waals surface area contributed by atoms with Gasteiger partial charge in [-0.15, -0.1) is 11.6 Å². The summed E-state index contributed by atoms with van der Waals surface area (Å²) in [6, 6.07) is 0. The number of hydrogen-bond acceptors (Lipinski definition) is 2. The summed E-state index contributed by atoms with van der Waals surface area (Å²) in [4.78, 5) is 0. The first-order chi connectivity index (χ1) is 5.93. The molecule has 1 aliphatic heterocycles. The van der Waals surface area contributed by atoms with Crippen LogP contribution in [0, 0.1) is 0 Å². The zero-order chi connectivity index (χ0) is 8.65. The summed E-state index contributed by atoms with van der Waals surface area (Å²) in [5.41, 5.74) is 0. The van der Waals surface area contributed by atoms with Gasteiger partial charge in [-0.2, -0.15) is 0 Å². The Labute approximate surface area is 79.6 Å². The predicted octanol–water partition coefficient (Wildman–Crippen LogP) is 1.77. The molecule has 1 saturated heterocycles. The van der Waals surface area contributed by atoms with Crippen molar-refractivity contribution in [3.05, 3.63) is 0 Å². The molecule has 3 heteroatoms. The third-order valence-corrected chi connectivity index (χ3v) is 2.40. The molecule has 0 amide bonds. The highest BCUT2D eigenvalue weighted by molar-refractivity contribution is 6.17. The second-order valence-electron chi connectivity index (χ2n) is 3.24. The summed E-state index contributed by atoms with van der Waals surface area (Å²) in [5, 5.41) is 3.35. The SMILES string of the molecule is ClCCCNCC1CCCCO1. The second kappa shape index (κ2) is 6.70. The molecule has 0 radical (unpaired) electrons. The molecule has 1 aliphatic rings. The van der Waals surface area contributed by atoms with Crippen molar-refractivity contribution in [2.24, 2.45) is 0 Å². The first-order valence-corrected chi connectivity index (χ1v) is 5.35. The largest absolute Gasteiger partial charge is 0.377 e. The van der Waals surface area contributed by atoms with Gasteiger partial charge in [-0.1, -0.05) is 0 Å². The zero-order valence-electron chi connectivity index (χ0n) is 7.52. The molecule has 0 bridgehead atoms. The maximum Gasteiger partial charge on any atom is 0.0699 e. The van der Waals surface area contributed by atoms with Gasteiger partial charge in [-0.25, -0.2) is 0 Å². The van der Waals surface area contributed by atoms with Crippen LogP contribution < -0.4 is 5.32 Å². The average molecular weight is 192 g/mol. The summed E-state index contributed by atoms with van der Waals surface area (Å²) in [6.07, 6.45) is 5.27. The van der Waals surface area contributed by atoms with E-state index in [1.807, 2.05) is 0 Å². The van der Waals surface area contributed by atoms with Crippen LogP contribution in [-0.4, -0.2) is 31.7 Å². The first-order valence-electron chi connectivity index (χ1n) is 4.82. The van der Waals surface area contributed by atoms with E-state index in [-0.39, 0.29) is 0 Å². The molecular weight excluding hydrogens is 174 g/mol. The Bertz CT molecular complexity index is 105. The monoisotopic (exact) mass is 191 g/mol. The van der Waals surface area contributed by atoms with Crippen LogP contribution in [0.2, 0.25) is 0 Å². The minimum Gasteiger partial charge on any atom is -0.377 e. The molecule has 1 heterocycles. The molecule has 1 fully saturated rings. The molecule has 1 N–H and O–H groups in total. The van der Waals surface area contributed by atoms with Crippen LogP contribution in [0.1, 0.15) is 25.7 Å². The van der Waals surface area contributed by atoms with Gasteiger partial charge in [0.15, 0.2) is 0 Å². The normalized spacial score (nSPS) is 24.2. The van der Waals surface area contributed by atoms with Crippen LogP contribution in [0.3, 0.4) is 0 Å². The Kier molecular flexibility index (Phi) is 5.74. The topological polar surface area (TPSA) is 21.3 Å². The minimum absolute atomic E-state index is 0.453. The molecule has 0 spiro atoms. The molecule has 0 aromatic carbocycles. The van der Waals surface area contributed by atoms with E-state index >= 15 is 0 Å². The number of halogens is 1. The van der Waals surface area contributed by atoms with Crippen molar-refractivity contribution in [3.63, 3.8) is 0 Å². The van der Waals surface area contributed by atoms with Crippen molar-refractivity contribution in [2.75, 3.05) is 25.6 Å². The number of hydrogen-bond donors (Lipinski definition) is 1. The van der Waals surface area contributed by atoms with E-state index < -0.39 is 0 Å².